The van der Waals surface area contributed by atoms with Crippen molar-refractivity contribution in [1.29, 1.82) is 0 Å². The fourth-order valence-corrected chi connectivity index (χ4v) is 6.72. The van der Waals surface area contributed by atoms with Gasteiger partial charge in [0.2, 0.25) is 10.0 Å². The maximum Gasteiger partial charge on any atom is 0.255 e. The van der Waals surface area contributed by atoms with E-state index in [2.05, 4.69) is 24.1 Å². The maximum absolute atomic E-state index is 13.2. The zero-order valence-corrected chi connectivity index (χ0v) is 26.4. The topological polar surface area (TPSA) is 115 Å². The largest absolute Gasteiger partial charge is 0.455 e. The van der Waals surface area contributed by atoms with Crippen molar-refractivity contribution in [2.24, 2.45) is 0 Å². The summed E-state index contributed by atoms with van der Waals surface area (Å²) in [6.45, 7) is 6.61. The monoisotopic (exact) mass is 616 g/mol. The van der Waals surface area contributed by atoms with Crippen LogP contribution in [0.5, 0.6) is 0 Å². The van der Waals surface area contributed by atoms with Crippen LogP contribution in [-0.4, -0.2) is 50.2 Å². The molecule has 1 aliphatic rings. The second-order valence-corrected chi connectivity index (χ2v) is 14.5. The molecule has 5 aromatic rings. The number of aryl methyl sites for hydroxylation is 1. The van der Waals surface area contributed by atoms with Crippen molar-refractivity contribution >= 4 is 43.9 Å². The van der Waals surface area contributed by atoms with Gasteiger partial charge in [-0.25, -0.2) is 13.4 Å². The molecule has 3 aromatic heterocycles. The Morgan fingerprint density at radius 1 is 1.07 bits per heavy atom. The molecule has 11 heteroatoms. The third kappa shape index (κ3) is 5.44. The lowest BCUT2D eigenvalue weighted by atomic mass is 9.98. The predicted molar refractivity (Wildman–Crippen MR) is 170 cm³/mol. The van der Waals surface area contributed by atoms with Gasteiger partial charge in [-0.15, -0.1) is 11.3 Å². The standard InChI is InChI=1S/C32H32N4O5S2/c1-18-7-9-19(10-8-18)29-28(30(37)33-4)23-12-22(25(13-26(23)41-29)36(5)43(6,38)39)20-11-21(16-34-15-20)31-35-24-14-32(2,3)40-17-27(24)42-31/h7-13,15-16H,14,17H2,1-6H3,(H,33,37). The van der Waals surface area contributed by atoms with E-state index in [-0.39, 0.29) is 11.5 Å². The highest BCUT2D eigenvalue weighted by atomic mass is 32.2. The smallest absolute Gasteiger partial charge is 0.255 e. The van der Waals surface area contributed by atoms with Gasteiger partial charge < -0.3 is 14.5 Å². The number of nitrogens with one attached hydrogen (secondary N) is 1. The van der Waals surface area contributed by atoms with Gasteiger partial charge in [0.25, 0.3) is 5.91 Å². The molecule has 9 nitrogen and oxygen atoms in total. The molecule has 2 aromatic carbocycles. The Hall–Kier alpha value is -4.06. The molecule has 0 bridgehead atoms. The first kappa shape index (κ1) is 29.0. The molecule has 0 saturated carbocycles. The maximum atomic E-state index is 13.2. The third-order valence-corrected chi connectivity index (χ3v) is 9.98. The van der Waals surface area contributed by atoms with Gasteiger partial charge >= 0.3 is 0 Å². The summed E-state index contributed by atoms with van der Waals surface area (Å²) in [5.74, 6) is 0.0970. The molecule has 1 aliphatic heterocycles. The molecule has 0 radical (unpaired) electrons. The lowest BCUT2D eigenvalue weighted by Crippen LogP contribution is -2.31. The molecular weight excluding hydrogens is 585 g/mol. The summed E-state index contributed by atoms with van der Waals surface area (Å²) in [6, 6.07) is 13.1. The summed E-state index contributed by atoms with van der Waals surface area (Å²) >= 11 is 1.57. The number of amides is 1. The highest BCUT2D eigenvalue weighted by molar-refractivity contribution is 7.92. The third-order valence-electron chi connectivity index (χ3n) is 7.67. The first-order chi connectivity index (χ1) is 20.3. The number of hydrogen-bond acceptors (Lipinski definition) is 8. The minimum absolute atomic E-state index is 0.274. The van der Waals surface area contributed by atoms with Crippen LogP contribution < -0.4 is 9.62 Å². The number of thiazole rings is 1. The van der Waals surface area contributed by atoms with Gasteiger partial charge in [0.05, 0.1) is 40.3 Å². The normalized spacial score (nSPS) is 14.5. The average molecular weight is 617 g/mol. The van der Waals surface area contributed by atoms with Crippen molar-refractivity contribution in [3.63, 3.8) is 0 Å². The number of carbonyl (C=O) groups is 1. The van der Waals surface area contributed by atoms with Gasteiger partial charge in [0, 0.05) is 66.6 Å². The molecule has 43 heavy (non-hydrogen) atoms. The van der Waals surface area contributed by atoms with Gasteiger partial charge in [-0.3, -0.25) is 14.1 Å². The first-order valence-electron chi connectivity index (χ1n) is 13.8. The molecule has 1 N–H and O–H groups in total. The Labute approximate surface area is 254 Å². The van der Waals surface area contributed by atoms with Gasteiger partial charge in [-0.05, 0) is 32.9 Å². The van der Waals surface area contributed by atoms with Crippen molar-refractivity contribution in [2.75, 3.05) is 24.7 Å². The second-order valence-electron chi connectivity index (χ2n) is 11.4. The van der Waals surface area contributed by atoms with E-state index in [0.717, 1.165) is 44.9 Å². The lowest BCUT2D eigenvalue weighted by molar-refractivity contribution is -0.0393. The second kappa shape index (κ2) is 10.6. The number of anilines is 1. The highest BCUT2D eigenvalue weighted by Crippen LogP contribution is 2.42. The van der Waals surface area contributed by atoms with Gasteiger partial charge in [0.1, 0.15) is 16.4 Å². The van der Waals surface area contributed by atoms with E-state index in [1.54, 1.807) is 36.8 Å². The number of pyridine rings is 1. The van der Waals surface area contributed by atoms with Gasteiger partial charge in [-0.2, -0.15) is 0 Å². The Morgan fingerprint density at radius 3 is 2.49 bits per heavy atom. The van der Waals surface area contributed by atoms with Crippen molar-refractivity contribution in [3.8, 4) is 33.0 Å². The molecule has 0 unspecified atom stereocenters. The predicted octanol–water partition coefficient (Wildman–Crippen LogP) is 6.20. The zero-order chi connectivity index (χ0) is 30.7. The summed E-state index contributed by atoms with van der Waals surface area (Å²) in [5, 5.41) is 4.10. The quantitative estimate of drug-likeness (QED) is 0.242. The van der Waals surface area contributed by atoms with Crippen LogP contribution in [0.2, 0.25) is 0 Å². The SMILES string of the molecule is CNC(=O)c1c(-c2ccc(C)cc2)oc2cc(N(C)S(C)(=O)=O)c(-c3cncc(-c4nc5c(s4)COC(C)(C)C5)c3)cc12. The van der Waals surface area contributed by atoms with E-state index in [1.165, 1.54) is 11.4 Å². The number of aromatic nitrogens is 2. The number of nitrogens with zero attached hydrogens (tertiary/aromatic N) is 3. The lowest BCUT2D eigenvalue weighted by Gasteiger charge is -2.28. The molecule has 222 valence electrons. The van der Waals surface area contributed by atoms with Crippen molar-refractivity contribution in [1.82, 2.24) is 15.3 Å². The number of ether oxygens (including phenoxy) is 1. The highest BCUT2D eigenvalue weighted by Gasteiger charge is 2.30. The molecule has 0 atom stereocenters. The van der Waals surface area contributed by atoms with Crippen LogP contribution in [0, 0.1) is 6.92 Å². The van der Waals surface area contributed by atoms with Crippen LogP contribution in [0.3, 0.4) is 0 Å². The number of rotatable bonds is 6. The number of sulfonamides is 1. The van der Waals surface area contributed by atoms with Crippen molar-refractivity contribution < 1.29 is 22.4 Å². The Kier molecular flexibility index (Phi) is 7.15. The Bertz CT molecular complexity index is 1990. The molecule has 0 saturated heterocycles. The van der Waals surface area contributed by atoms with Crippen LogP contribution in [-0.2, 0) is 27.8 Å². The summed E-state index contributed by atoms with van der Waals surface area (Å²) in [7, 11) is -0.577. The Morgan fingerprint density at radius 2 is 1.79 bits per heavy atom. The van der Waals surface area contributed by atoms with E-state index < -0.39 is 10.0 Å². The number of benzene rings is 2. The van der Waals surface area contributed by atoms with E-state index in [4.69, 9.17) is 14.1 Å². The number of furan rings is 1. The van der Waals surface area contributed by atoms with Crippen LogP contribution in [0.15, 0.2) is 59.3 Å². The molecule has 6 rings (SSSR count). The fourth-order valence-electron chi connectivity index (χ4n) is 5.24. The number of carbonyl (C=O) groups excluding carboxylic acids is 1. The molecule has 0 fully saturated rings. The molecule has 0 spiro atoms. The minimum atomic E-state index is -3.64. The van der Waals surface area contributed by atoms with Gasteiger partial charge in [0.15, 0.2) is 0 Å². The fraction of sp³-hybridized carbons (Fsp3) is 0.281. The molecule has 1 amide bonds. The summed E-state index contributed by atoms with van der Waals surface area (Å²) < 4.78 is 39.0. The van der Waals surface area contributed by atoms with E-state index in [0.29, 0.717) is 45.7 Å². The van der Waals surface area contributed by atoms with Crippen molar-refractivity contribution in [2.45, 2.75) is 39.4 Å². The van der Waals surface area contributed by atoms with Crippen LogP contribution in [0.1, 0.15) is 40.3 Å². The average Bonchev–Trinajstić information content (AvgIpc) is 3.56. The first-order valence-corrected chi connectivity index (χ1v) is 16.4. The summed E-state index contributed by atoms with van der Waals surface area (Å²) in [4.78, 5) is 23.8. The van der Waals surface area contributed by atoms with Crippen molar-refractivity contribution in [3.05, 3.63) is 76.6 Å². The summed E-state index contributed by atoms with van der Waals surface area (Å²) in [5.41, 5.74) is 5.79. The van der Waals surface area contributed by atoms with Crippen LogP contribution >= 0.6 is 11.3 Å². The molecule has 0 aliphatic carbocycles. The number of fused-ring (bicyclic) bond motifs is 2. The van der Waals surface area contributed by atoms with Crippen LogP contribution in [0.25, 0.3) is 44.0 Å². The molecular formula is C32H32N4O5S2. The minimum Gasteiger partial charge on any atom is -0.455 e. The number of hydrogen-bond donors (Lipinski definition) is 1. The zero-order valence-electron chi connectivity index (χ0n) is 24.8. The summed E-state index contributed by atoms with van der Waals surface area (Å²) in [6.07, 6.45) is 5.30. The van der Waals surface area contributed by atoms with E-state index >= 15 is 0 Å². The Balaban J connectivity index is 1.56. The van der Waals surface area contributed by atoms with E-state index in [1.807, 2.05) is 43.3 Å². The van der Waals surface area contributed by atoms with E-state index in [9.17, 15) is 13.2 Å². The van der Waals surface area contributed by atoms with Crippen LogP contribution in [0.4, 0.5) is 5.69 Å². The van der Waals surface area contributed by atoms with Gasteiger partial charge in [-0.1, -0.05) is 29.8 Å². The molecule has 4 heterocycles.